The molecule has 4 rings (SSSR count). The van der Waals surface area contributed by atoms with Gasteiger partial charge in [0.2, 0.25) is 5.78 Å². The van der Waals surface area contributed by atoms with Gasteiger partial charge in [-0.3, -0.25) is 10.2 Å². The summed E-state index contributed by atoms with van der Waals surface area (Å²) in [5.41, 5.74) is 1.65. The molecular formula is C18H23N3OS. The molecule has 2 aliphatic heterocycles. The Kier molecular flexibility index (Phi) is 4.16. The third kappa shape index (κ3) is 2.81. The van der Waals surface area contributed by atoms with Crippen molar-refractivity contribution in [2.75, 3.05) is 13.1 Å². The summed E-state index contributed by atoms with van der Waals surface area (Å²) in [5.74, 6) is 0.147. The molecule has 0 amide bonds. The lowest BCUT2D eigenvalue weighted by Gasteiger charge is -2.39. The van der Waals surface area contributed by atoms with E-state index in [9.17, 15) is 4.79 Å². The molecule has 122 valence electrons. The van der Waals surface area contributed by atoms with Crippen molar-refractivity contribution in [1.82, 2.24) is 4.90 Å². The van der Waals surface area contributed by atoms with Crippen molar-refractivity contribution in [3.63, 3.8) is 0 Å². The van der Waals surface area contributed by atoms with E-state index in [1.807, 2.05) is 11.4 Å². The molecule has 0 unspecified atom stereocenters. The summed E-state index contributed by atoms with van der Waals surface area (Å²) in [6.07, 6.45) is 8.89. The van der Waals surface area contributed by atoms with Crippen molar-refractivity contribution in [1.29, 1.82) is 5.41 Å². The molecule has 4 nitrogen and oxygen atoms in total. The SMILES string of the molecule is N=C1C(=O)c2sccc2N=C1C1CCN(C2CCCCC2)CC1. The smallest absolute Gasteiger partial charge is 0.224 e. The van der Waals surface area contributed by atoms with Crippen LogP contribution in [-0.4, -0.2) is 41.2 Å². The predicted molar refractivity (Wildman–Crippen MR) is 94.6 cm³/mol. The lowest BCUT2D eigenvalue weighted by molar-refractivity contribution is 0.106. The Hall–Kier alpha value is -1.33. The number of ketones is 1. The second kappa shape index (κ2) is 6.29. The molecular weight excluding hydrogens is 306 g/mol. The number of piperidine rings is 1. The zero-order chi connectivity index (χ0) is 15.8. The first-order valence-electron chi connectivity index (χ1n) is 8.78. The number of nitrogens with one attached hydrogen (secondary N) is 1. The second-order valence-corrected chi connectivity index (χ2v) is 7.85. The highest BCUT2D eigenvalue weighted by Crippen LogP contribution is 2.34. The standard InChI is InChI=1S/C18H23N3OS/c19-15-16(20-14-8-11-23-18(14)17(15)22)12-6-9-21(10-7-12)13-4-2-1-3-5-13/h8,11-13,19H,1-7,9-10H2. The molecule has 23 heavy (non-hydrogen) atoms. The van der Waals surface area contributed by atoms with Crippen LogP contribution in [0.5, 0.6) is 0 Å². The van der Waals surface area contributed by atoms with E-state index < -0.39 is 0 Å². The Labute approximate surface area is 141 Å². The molecule has 1 aliphatic carbocycles. The van der Waals surface area contributed by atoms with E-state index in [1.54, 1.807) is 0 Å². The lowest BCUT2D eigenvalue weighted by atomic mass is 9.85. The van der Waals surface area contributed by atoms with Crippen LogP contribution in [0.3, 0.4) is 0 Å². The molecule has 3 aliphatic rings. The number of hydrogen-bond acceptors (Lipinski definition) is 5. The Morgan fingerprint density at radius 2 is 1.87 bits per heavy atom. The van der Waals surface area contributed by atoms with E-state index >= 15 is 0 Å². The molecule has 0 radical (unpaired) electrons. The Morgan fingerprint density at radius 1 is 1.13 bits per heavy atom. The van der Waals surface area contributed by atoms with Crippen molar-refractivity contribution >= 4 is 34.2 Å². The van der Waals surface area contributed by atoms with Gasteiger partial charge in [-0.15, -0.1) is 11.3 Å². The maximum Gasteiger partial charge on any atom is 0.224 e. The fraction of sp³-hybridized carbons (Fsp3) is 0.611. The van der Waals surface area contributed by atoms with Crippen molar-refractivity contribution in [2.45, 2.75) is 51.0 Å². The number of nitrogens with zero attached hydrogens (tertiary/aromatic N) is 2. The van der Waals surface area contributed by atoms with Gasteiger partial charge in [0.1, 0.15) is 10.6 Å². The second-order valence-electron chi connectivity index (χ2n) is 6.94. The summed E-state index contributed by atoms with van der Waals surface area (Å²) < 4.78 is 0. The number of hydrogen-bond donors (Lipinski definition) is 1. The number of carbonyl (C=O) groups excluding carboxylic acids is 1. The highest BCUT2D eigenvalue weighted by molar-refractivity contribution is 7.14. The fourth-order valence-electron chi connectivity index (χ4n) is 4.26. The topological polar surface area (TPSA) is 56.5 Å². The van der Waals surface area contributed by atoms with E-state index in [0.29, 0.717) is 4.88 Å². The van der Waals surface area contributed by atoms with Crippen LogP contribution >= 0.6 is 11.3 Å². The molecule has 1 aromatic rings. The minimum atomic E-state index is -0.130. The van der Waals surface area contributed by atoms with Gasteiger partial charge in [-0.05, 0) is 50.2 Å². The lowest BCUT2D eigenvalue weighted by Crippen LogP contribution is -2.45. The molecule has 3 heterocycles. The third-order valence-corrected chi connectivity index (χ3v) is 6.48. The monoisotopic (exact) mass is 329 g/mol. The quantitative estimate of drug-likeness (QED) is 0.889. The van der Waals surface area contributed by atoms with Crippen LogP contribution in [0, 0.1) is 11.3 Å². The van der Waals surface area contributed by atoms with Crippen LogP contribution in [0.2, 0.25) is 0 Å². The Bertz CT molecular complexity index is 649. The maximum atomic E-state index is 12.3. The van der Waals surface area contributed by atoms with Crippen LogP contribution in [0.1, 0.15) is 54.6 Å². The third-order valence-electron chi connectivity index (χ3n) is 5.58. The first kappa shape index (κ1) is 15.2. The minimum absolute atomic E-state index is 0.130. The van der Waals surface area contributed by atoms with Crippen LogP contribution in [-0.2, 0) is 0 Å². The van der Waals surface area contributed by atoms with Gasteiger partial charge in [0.25, 0.3) is 0 Å². The van der Waals surface area contributed by atoms with Gasteiger partial charge < -0.3 is 4.90 Å². The van der Waals surface area contributed by atoms with Gasteiger partial charge in [-0.1, -0.05) is 19.3 Å². The highest BCUT2D eigenvalue weighted by atomic mass is 32.1. The normalized spacial score (nSPS) is 24.6. The largest absolute Gasteiger partial charge is 0.300 e. The van der Waals surface area contributed by atoms with Crippen LogP contribution < -0.4 is 0 Å². The summed E-state index contributed by atoms with van der Waals surface area (Å²) in [7, 11) is 0. The molecule has 1 saturated carbocycles. The van der Waals surface area contributed by atoms with E-state index in [4.69, 9.17) is 5.41 Å². The predicted octanol–water partition coefficient (Wildman–Crippen LogP) is 4.08. The van der Waals surface area contributed by atoms with Crippen molar-refractivity contribution in [3.8, 4) is 0 Å². The number of Topliss-reactive ketones (excluding diaryl/α,β-unsaturated/α-hetero) is 1. The van der Waals surface area contributed by atoms with Gasteiger partial charge in [-0.2, -0.15) is 0 Å². The maximum absolute atomic E-state index is 12.3. The van der Waals surface area contributed by atoms with Crippen molar-refractivity contribution < 1.29 is 4.79 Å². The zero-order valence-electron chi connectivity index (χ0n) is 13.4. The molecule has 1 N–H and O–H groups in total. The highest BCUT2D eigenvalue weighted by Gasteiger charge is 2.34. The van der Waals surface area contributed by atoms with E-state index in [2.05, 4.69) is 9.89 Å². The van der Waals surface area contributed by atoms with E-state index in [0.717, 1.165) is 43.4 Å². The molecule has 0 atom stereocenters. The molecule has 0 aromatic carbocycles. The van der Waals surface area contributed by atoms with E-state index in [-0.39, 0.29) is 17.4 Å². The Morgan fingerprint density at radius 3 is 2.61 bits per heavy atom. The van der Waals surface area contributed by atoms with Gasteiger partial charge in [0, 0.05) is 12.0 Å². The summed E-state index contributed by atoms with van der Waals surface area (Å²) in [6.45, 7) is 2.18. The molecule has 5 heteroatoms. The van der Waals surface area contributed by atoms with Crippen LogP contribution in [0.25, 0.3) is 0 Å². The van der Waals surface area contributed by atoms with Gasteiger partial charge in [0.15, 0.2) is 0 Å². The van der Waals surface area contributed by atoms with Crippen LogP contribution in [0.15, 0.2) is 16.4 Å². The molecule has 0 bridgehead atoms. The van der Waals surface area contributed by atoms with Gasteiger partial charge in [0.05, 0.1) is 11.4 Å². The first-order chi connectivity index (χ1) is 11.2. The zero-order valence-corrected chi connectivity index (χ0v) is 14.2. The molecule has 2 fully saturated rings. The van der Waals surface area contributed by atoms with Crippen LogP contribution in [0.4, 0.5) is 5.69 Å². The molecule has 0 spiro atoms. The fourth-order valence-corrected chi connectivity index (χ4v) is 5.03. The van der Waals surface area contributed by atoms with Gasteiger partial charge in [-0.25, -0.2) is 4.99 Å². The summed E-state index contributed by atoms with van der Waals surface area (Å²) >= 11 is 1.40. The van der Waals surface area contributed by atoms with Gasteiger partial charge >= 0.3 is 0 Å². The Balaban J connectivity index is 1.46. The summed E-state index contributed by atoms with van der Waals surface area (Å²) in [4.78, 5) is 20.3. The first-order valence-corrected chi connectivity index (χ1v) is 9.66. The molecule has 1 saturated heterocycles. The number of rotatable bonds is 2. The number of thiophene rings is 1. The van der Waals surface area contributed by atoms with Crippen molar-refractivity contribution in [2.24, 2.45) is 10.9 Å². The number of likely N-dealkylation sites (tertiary alicyclic amines) is 1. The minimum Gasteiger partial charge on any atom is -0.300 e. The summed E-state index contributed by atoms with van der Waals surface area (Å²) in [5, 5.41) is 10.1. The number of aliphatic imine (C=N–C) groups is 1. The number of fused-ring (bicyclic) bond motifs is 1. The van der Waals surface area contributed by atoms with Crippen molar-refractivity contribution in [3.05, 3.63) is 16.3 Å². The van der Waals surface area contributed by atoms with E-state index in [1.165, 1.54) is 43.4 Å². The summed E-state index contributed by atoms with van der Waals surface area (Å²) in [6, 6.07) is 2.67. The number of carbonyl (C=O) groups is 1. The average Bonchev–Trinajstić information content (AvgIpc) is 3.08. The average molecular weight is 329 g/mol. The molecule has 1 aromatic heterocycles.